The topological polar surface area (TPSA) is 48.5 Å². The quantitative estimate of drug-likeness (QED) is 0.921. The Morgan fingerprint density at radius 1 is 1.30 bits per heavy atom. The van der Waals surface area contributed by atoms with Gasteiger partial charge in [0, 0.05) is 37.8 Å². The molecule has 1 saturated heterocycles. The highest BCUT2D eigenvalue weighted by molar-refractivity contribution is 7.13. The highest BCUT2D eigenvalue weighted by Crippen LogP contribution is 2.22. The van der Waals surface area contributed by atoms with Crippen molar-refractivity contribution in [3.63, 3.8) is 0 Å². The smallest absolute Gasteiger partial charge is 0.241 e. The maximum absolute atomic E-state index is 12.4. The van der Waals surface area contributed by atoms with Crippen LogP contribution in [0.1, 0.15) is 6.92 Å². The van der Waals surface area contributed by atoms with Crippen LogP contribution in [0.5, 0.6) is 0 Å². The number of amides is 1. The summed E-state index contributed by atoms with van der Waals surface area (Å²) in [5.74, 6) is -0.0270. The van der Waals surface area contributed by atoms with Crippen LogP contribution >= 0.6 is 22.9 Å². The zero-order valence-electron chi connectivity index (χ0n) is 12.9. The van der Waals surface area contributed by atoms with Crippen LogP contribution in [-0.4, -0.2) is 48.0 Å². The lowest BCUT2D eigenvalue weighted by molar-refractivity contribution is -0.120. The predicted molar refractivity (Wildman–Crippen MR) is 95.4 cm³/mol. The van der Waals surface area contributed by atoms with Crippen molar-refractivity contribution in [3.05, 3.63) is 40.9 Å². The summed E-state index contributed by atoms with van der Waals surface area (Å²) >= 11 is 7.75. The van der Waals surface area contributed by atoms with Gasteiger partial charge in [-0.2, -0.15) is 0 Å². The van der Waals surface area contributed by atoms with Gasteiger partial charge >= 0.3 is 0 Å². The third kappa shape index (κ3) is 3.83. The van der Waals surface area contributed by atoms with Gasteiger partial charge in [0.1, 0.15) is 0 Å². The first-order chi connectivity index (χ1) is 11.1. The maximum Gasteiger partial charge on any atom is 0.241 e. The average Bonchev–Trinajstić information content (AvgIpc) is 3.11. The molecular weight excluding hydrogens is 332 g/mol. The zero-order chi connectivity index (χ0) is 16.2. The molecule has 2 heterocycles. The first-order valence-corrected chi connectivity index (χ1v) is 8.85. The summed E-state index contributed by atoms with van der Waals surface area (Å²) in [5.41, 5.74) is 0.660. The first kappa shape index (κ1) is 16.2. The van der Waals surface area contributed by atoms with Gasteiger partial charge in [-0.15, -0.1) is 11.3 Å². The van der Waals surface area contributed by atoms with Crippen molar-refractivity contribution in [2.45, 2.75) is 13.0 Å². The molecule has 1 atom stereocenters. The van der Waals surface area contributed by atoms with Crippen LogP contribution in [0.15, 0.2) is 35.8 Å². The van der Waals surface area contributed by atoms with E-state index in [9.17, 15) is 4.79 Å². The summed E-state index contributed by atoms with van der Waals surface area (Å²) in [4.78, 5) is 21.2. The number of nitrogens with zero attached hydrogens (tertiary/aromatic N) is 3. The Kier molecular flexibility index (Phi) is 5.15. The van der Waals surface area contributed by atoms with E-state index in [0.717, 1.165) is 31.3 Å². The van der Waals surface area contributed by atoms with E-state index in [-0.39, 0.29) is 11.9 Å². The summed E-state index contributed by atoms with van der Waals surface area (Å²) in [6, 6.07) is 7.10. The largest absolute Gasteiger partial charge is 0.346 e. The molecule has 1 aromatic carbocycles. The van der Waals surface area contributed by atoms with Crippen molar-refractivity contribution in [2.24, 2.45) is 0 Å². The lowest BCUT2D eigenvalue weighted by atomic mass is 10.2. The fourth-order valence-electron chi connectivity index (χ4n) is 2.64. The molecule has 1 aliphatic heterocycles. The van der Waals surface area contributed by atoms with Gasteiger partial charge in [-0.1, -0.05) is 23.7 Å². The molecule has 1 N–H and O–H groups in total. The summed E-state index contributed by atoms with van der Waals surface area (Å²) < 4.78 is 0. The van der Waals surface area contributed by atoms with Crippen molar-refractivity contribution in [1.82, 2.24) is 9.88 Å². The summed E-state index contributed by atoms with van der Waals surface area (Å²) in [5, 5.41) is 6.51. The van der Waals surface area contributed by atoms with Crippen LogP contribution in [-0.2, 0) is 4.79 Å². The number of halogens is 1. The van der Waals surface area contributed by atoms with Crippen molar-refractivity contribution < 1.29 is 4.79 Å². The van der Waals surface area contributed by atoms with Gasteiger partial charge in [0.2, 0.25) is 5.91 Å². The number of anilines is 2. The number of rotatable bonds is 4. The lowest BCUT2D eigenvalue weighted by Gasteiger charge is -2.37. The van der Waals surface area contributed by atoms with Gasteiger partial charge in [0.25, 0.3) is 0 Å². The Labute approximate surface area is 144 Å². The highest BCUT2D eigenvalue weighted by Gasteiger charge is 2.26. The third-order valence-electron chi connectivity index (χ3n) is 4.06. The second-order valence-corrected chi connectivity index (χ2v) is 6.76. The molecule has 1 amide bonds. The molecule has 23 heavy (non-hydrogen) atoms. The summed E-state index contributed by atoms with van der Waals surface area (Å²) in [6.07, 6.45) is 1.83. The molecule has 3 rings (SSSR count). The molecule has 0 bridgehead atoms. The van der Waals surface area contributed by atoms with Crippen molar-refractivity contribution in [3.8, 4) is 0 Å². The van der Waals surface area contributed by atoms with Crippen LogP contribution in [0.25, 0.3) is 0 Å². The molecule has 0 radical (unpaired) electrons. The number of para-hydroxylation sites is 1. The second-order valence-electron chi connectivity index (χ2n) is 5.48. The van der Waals surface area contributed by atoms with Crippen molar-refractivity contribution in [2.75, 3.05) is 36.4 Å². The Balaban J connectivity index is 1.55. The molecule has 1 aromatic heterocycles. The molecule has 2 aromatic rings. The van der Waals surface area contributed by atoms with E-state index in [1.54, 1.807) is 17.4 Å². The van der Waals surface area contributed by atoms with Crippen LogP contribution < -0.4 is 10.2 Å². The predicted octanol–water partition coefficient (Wildman–Crippen LogP) is 2.95. The normalized spacial score (nSPS) is 17.0. The van der Waals surface area contributed by atoms with Crippen molar-refractivity contribution >= 4 is 39.7 Å². The minimum absolute atomic E-state index is 0.0270. The number of thiazole rings is 1. The standard InChI is InChI=1S/C16H19ClN4OS/c1-12(15(22)19-14-5-3-2-4-13(14)17)20-7-9-21(10-8-20)16-18-6-11-23-16/h2-6,11-12H,7-10H2,1H3,(H,19,22). The van der Waals surface area contributed by atoms with E-state index in [1.165, 1.54) is 0 Å². The summed E-state index contributed by atoms with van der Waals surface area (Å²) in [6.45, 7) is 5.40. The van der Waals surface area contributed by atoms with E-state index in [2.05, 4.69) is 20.1 Å². The number of carbonyl (C=O) groups excluding carboxylic acids is 1. The Bertz CT molecular complexity index is 656. The molecular formula is C16H19ClN4OS. The van der Waals surface area contributed by atoms with E-state index in [4.69, 9.17) is 11.6 Å². The van der Waals surface area contributed by atoms with Gasteiger partial charge < -0.3 is 10.2 Å². The molecule has 0 aliphatic carbocycles. The van der Waals surface area contributed by atoms with E-state index in [1.807, 2.05) is 36.7 Å². The number of carbonyl (C=O) groups is 1. The number of piperazine rings is 1. The Morgan fingerprint density at radius 3 is 2.70 bits per heavy atom. The van der Waals surface area contributed by atoms with Crippen LogP contribution in [0, 0.1) is 0 Å². The number of hydrogen-bond donors (Lipinski definition) is 1. The van der Waals surface area contributed by atoms with Gasteiger partial charge in [0.15, 0.2) is 5.13 Å². The third-order valence-corrected chi connectivity index (χ3v) is 5.22. The fraction of sp³-hybridized carbons (Fsp3) is 0.375. The maximum atomic E-state index is 12.4. The first-order valence-electron chi connectivity index (χ1n) is 7.59. The molecule has 7 heteroatoms. The minimum atomic E-state index is -0.190. The molecule has 1 unspecified atom stereocenters. The van der Waals surface area contributed by atoms with Crippen LogP contribution in [0.4, 0.5) is 10.8 Å². The Hall–Kier alpha value is -1.63. The minimum Gasteiger partial charge on any atom is -0.346 e. The molecule has 1 aliphatic rings. The van der Waals surface area contributed by atoms with Crippen LogP contribution in [0.3, 0.4) is 0 Å². The molecule has 122 valence electrons. The Morgan fingerprint density at radius 2 is 2.04 bits per heavy atom. The number of nitrogens with one attached hydrogen (secondary N) is 1. The van der Waals surface area contributed by atoms with Gasteiger partial charge in [-0.3, -0.25) is 9.69 Å². The molecule has 0 saturated carbocycles. The lowest BCUT2D eigenvalue weighted by Crippen LogP contribution is -2.52. The average molecular weight is 351 g/mol. The number of benzene rings is 1. The number of hydrogen-bond acceptors (Lipinski definition) is 5. The van der Waals surface area contributed by atoms with E-state index in [0.29, 0.717) is 10.7 Å². The van der Waals surface area contributed by atoms with E-state index >= 15 is 0 Å². The number of aromatic nitrogens is 1. The van der Waals surface area contributed by atoms with Gasteiger partial charge in [-0.25, -0.2) is 4.98 Å². The monoisotopic (exact) mass is 350 g/mol. The molecule has 0 spiro atoms. The summed E-state index contributed by atoms with van der Waals surface area (Å²) in [7, 11) is 0. The van der Waals surface area contributed by atoms with Crippen molar-refractivity contribution in [1.29, 1.82) is 0 Å². The fourth-order valence-corrected chi connectivity index (χ4v) is 3.52. The molecule has 1 fully saturated rings. The molecule has 5 nitrogen and oxygen atoms in total. The van der Waals surface area contributed by atoms with Gasteiger partial charge in [-0.05, 0) is 19.1 Å². The zero-order valence-corrected chi connectivity index (χ0v) is 14.5. The SMILES string of the molecule is CC(C(=O)Nc1ccccc1Cl)N1CCN(c2nccs2)CC1. The van der Waals surface area contributed by atoms with E-state index < -0.39 is 0 Å². The van der Waals surface area contributed by atoms with Gasteiger partial charge in [0.05, 0.1) is 16.8 Å². The highest BCUT2D eigenvalue weighted by atomic mass is 35.5. The van der Waals surface area contributed by atoms with Crippen LogP contribution in [0.2, 0.25) is 5.02 Å². The second kappa shape index (κ2) is 7.29.